The van der Waals surface area contributed by atoms with Gasteiger partial charge in [-0.2, -0.15) is 0 Å². The molecule has 0 saturated carbocycles. The van der Waals surface area contributed by atoms with E-state index in [-0.39, 0.29) is 0 Å². The number of unbranched alkanes of at least 4 members (excludes halogenated alkanes) is 13. The van der Waals surface area contributed by atoms with Crippen molar-refractivity contribution in [3.8, 4) is 0 Å². The first-order valence-corrected chi connectivity index (χ1v) is 8.61. The molecule has 0 aliphatic carbocycles. The zero-order chi connectivity index (χ0) is 14.9. The van der Waals surface area contributed by atoms with Crippen LogP contribution >= 0.6 is 0 Å². The molecule has 20 heavy (non-hydrogen) atoms. The summed E-state index contributed by atoms with van der Waals surface area (Å²) in [6.07, 6.45) is 18.2. The Balaban J connectivity index is 2.99. The highest BCUT2D eigenvalue weighted by Gasteiger charge is 1.97. The van der Waals surface area contributed by atoms with E-state index in [1.54, 1.807) is 0 Å². The largest absolute Gasteiger partial charge is 0.597 e. The Morgan fingerprint density at radius 2 is 1.05 bits per heavy atom. The minimum absolute atomic E-state index is 0.314. The van der Waals surface area contributed by atoms with Crippen molar-refractivity contribution in [1.82, 2.24) is 0 Å². The third-order valence-electron chi connectivity index (χ3n) is 3.80. The second-order valence-corrected chi connectivity index (χ2v) is 5.76. The molecule has 0 unspecified atom stereocenters. The molecule has 0 aliphatic rings. The SMILES string of the molecule is CCCCCCCCCCCCCCCC/[N+]([O-])=N/O. The average Bonchev–Trinajstić information content (AvgIpc) is 2.47. The molecule has 120 valence electrons. The molecule has 0 aromatic carbocycles. The minimum Gasteiger partial charge on any atom is -0.597 e. The van der Waals surface area contributed by atoms with Crippen molar-refractivity contribution in [2.45, 2.75) is 96.8 Å². The topological polar surface area (TPSA) is 58.7 Å². The molecule has 0 spiro atoms. The summed E-state index contributed by atoms with van der Waals surface area (Å²) >= 11 is 0. The van der Waals surface area contributed by atoms with E-state index in [4.69, 9.17) is 5.21 Å². The van der Waals surface area contributed by atoms with E-state index in [1.807, 2.05) is 0 Å². The predicted molar refractivity (Wildman–Crippen MR) is 83.0 cm³/mol. The van der Waals surface area contributed by atoms with Gasteiger partial charge in [-0.15, -0.1) is 0 Å². The molecule has 0 saturated heterocycles. The second-order valence-electron chi connectivity index (χ2n) is 5.76. The Morgan fingerprint density at radius 1 is 0.700 bits per heavy atom. The minimum atomic E-state index is 0.314. The quantitative estimate of drug-likeness (QED) is 0.178. The average molecular weight is 286 g/mol. The van der Waals surface area contributed by atoms with Gasteiger partial charge in [0.15, 0.2) is 11.8 Å². The third kappa shape index (κ3) is 15.3. The fraction of sp³-hybridized carbons (Fsp3) is 1.00. The number of hydroxylamine groups is 1. The molecular weight excluding hydrogens is 252 g/mol. The Morgan fingerprint density at radius 3 is 1.40 bits per heavy atom. The maximum Gasteiger partial charge on any atom is 0.197 e. The Hall–Kier alpha value is -0.800. The fourth-order valence-corrected chi connectivity index (χ4v) is 2.49. The molecule has 0 aromatic rings. The van der Waals surface area contributed by atoms with Crippen LogP contribution in [0.2, 0.25) is 0 Å². The first-order chi connectivity index (χ1) is 9.81. The van der Waals surface area contributed by atoms with Crippen molar-refractivity contribution in [1.29, 1.82) is 0 Å². The molecule has 4 heteroatoms. The van der Waals surface area contributed by atoms with Crippen LogP contribution < -0.4 is 0 Å². The van der Waals surface area contributed by atoms with Crippen LogP contribution in [0.15, 0.2) is 5.28 Å². The third-order valence-corrected chi connectivity index (χ3v) is 3.80. The summed E-state index contributed by atoms with van der Waals surface area (Å²) in [5.74, 6) is 0. The molecule has 0 bridgehead atoms. The van der Waals surface area contributed by atoms with E-state index >= 15 is 0 Å². The zero-order valence-electron chi connectivity index (χ0n) is 13.4. The molecule has 0 atom stereocenters. The van der Waals surface area contributed by atoms with Gasteiger partial charge >= 0.3 is 0 Å². The van der Waals surface area contributed by atoms with Crippen molar-refractivity contribution >= 4 is 0 Å². The van der Waals surface area contributed by atoms with Crippen LogP contribution in [0.5, 0.6) is 0 Å². The van der Waals surface area contributed by atoms with Gasteiger partial charge in [-0.1, -0.05) is 88.8 Å². The number of nitrogens with zero attached hydrogens (tertiary/aromatic N) is 2. The lowest BCUT2D eigenvalue weighted by Gasteiger charge is -2.03. The molecule has 0 rings (SSSR count). The molecule has 0 heterocycles. The van der Waals surface area contributed by atoms with Crippen LogP contribution in [0.25, 0.3) is 0 Å². The van der Waals surface area contributed by atoms with Gasteiger partial charge in [0.1, 0.15) is 0 Å². The van der Waals surface area contributed by atoms with E-state index in [0.29, 0.717) is 11.4 Å². The number of rotatable bonds is 15. The van der Waals surface area contributed by atoms with Gasteiger partial charge < -0.3 is 10.4 Å². The highest BCUT2D eigenvalue weighted by Crippen LogP contribution is 2.12. The summed E-state index contributed by atoms with van der Waals surface area (Å²) in [6.45, 7) is 2.58. The standard InChI is InChI=1S/C16H34N2O2/c1-2-3-4-5-6-7-8-9-10-11-12-13-14-15-16-18(20)17-19/h19H,2-16H2,1H3/b18-17-. The van der Waals surface area contributed by atoms with Crippen LogP contribution in [0.1, 0.15) is 96.8 Å². The summed E-state index contributed by atoms with van der Waals surface area (Å²) in [5.41, 5.74) is 0. The first kappa shape index (κ1) is 19.2. The first-order valence-electron chi connectivity index (χ1n) is 8.61. The monoisotopic (exact) mass is 286 g/mol. The Bertz CT molecular complexity index is 221. The predicted octanol–water partition coefficient (Wildman–Crippen LogP) is 5.82. The summed E-state index contributed by atoms with van der Waals surface area (Å²) in [4.78, 5) is 0.348. The van der Waals surface area contributed by atoms with Gasteiger partial charge in [-0.05, 0) is 6.42 Å². The van der Waals surface area contributed by atoms with Crippen molar-refractivity contribution in [2.75, 3.05) is 6.54 Å². The van der Waals surface area contributed by atoms with Crippen molar-refractivity contribution < 1.29 is 10.1 Å². The van der Waals surface area contributed by atoms with Crippen LogP contribution in [0, 0.1) is 5.21 Å². The van der Waals surface area contributed by atoms with E-state index in [9.17, 15) is 5.21 Å². The summed E-state index contributed by atoms with van der Waals surface area (Å²) in [5, 5.41) is 21.4. The van der Waals surface area contributed by atoms with Crippen molar-refractivity contribution in [3.63, 3.8) is 0 Å². The number of hydrogen-bond acceptors (Lipinski definition) is 2. The molecular formula is C16H34N2O2. The zero-order valence-corrected chi connectivity index (χ0v) is 13.4. The fourth-order valence-electron chi connectivity index (χ4n) is 2.49. The van der Waals surface area contributed by atoms with Gasteiger partial charge in [0.2, 0.25) is 0 Å². The second kappa shape index (κ2) is 16.3. The Kier molecular flexibility index (Phi) is 15.6. The highest BCUT2D eigenvalue weighted by atomic mass is 16.6. The number of hydrogen-bond donors (Lipinski definition) is 1. The molecule has 0 aromatic heterocycles. The lowest BCUT2D eigenvalue weighted by atomic mass is 10.0. The molecule has 0 radical (unpaired) electrons. The highest BCUT2D eigenvalue weighted by molar-refractivity contribution is 4.49. The smallest absolute Gasteiger partial charge is 0.197 e. The molecule has 0 amide bonds. The van der Waals surface area contributed by atoms with Gasteiger partial charge in [0.25, 0.3) is 0 Å². The van der Waals surface area contributed by atoms with E-state index in [2.05, 4.69) is 12.2 Å². The molecule has 4 nitrogen and oxygen atoms in total. The van der Waals surface area contributed by atoms with E-state index in [0.717, 1.165) is 12.8 Å². The van der Waals surface area contributed by atoms with E-state index < -0.39 is 0 Å². The van der Waals surface area contributed by atoms with Crippen molar-refractivity contribution in [3.05, 3.63) is 5.21 Å². The molecule has 1 N–H and O–H groups in total. The van der Waals surface area contributed by atoms with Crippen LogP contribution in [-0.2, 0) is 0 Å². The van der Waals surface area contributed by atoms with Crippen LogP contribution in [0.4, 0.5) is 0 Å². The van der Waals surface area contributed by atoms with Gasteiger partial charge in [0.05, 0.1) is 0 Å². The van der Waals surface area contributed by atoms with Gasteiger partial charge in [-0.25, -0.2) is 0 Å². The summed E-state index contributed by atoms with van der Waals surface area (Å²) < 4.78 is 0. The van der Waals surface area contributed by atoms with Gasteiger partial charge in [-0.3, -0.25) is 0 Å². The van der Waals surface area contributed by atoms with Gasteiger partial charge in [0, 0.05) is 6.42 Å². The van der Waals surface area contributed by atoms with E-state index in [1.165, 1.54) is 77.0 Å². The van der Waals surface area contributed by atoms with Crippen LogP contribution in [0.3, 0.4) is 0 Å². The maximum atomic E-state index is 10.6. The summed E-state index contributed by atoms with van der Waals surface area (Å²) in [6, 6.07) is 0. The maximum absolute atomic E-state index is 10.6. The summed E-state index contributed by atoms with van der Waals surface area (Å²) in [7, 11) is 0. The molecule has 0 fully saturated rings. The normalized spacial score (nSPS) is 11.9. The lowest BCUT2D eigenvalue weighted by molar-refractivity contribution is -0.556. The van der Waals surface area contributed by atoms with Crippen LogP contribution in [-0.4, -0.2) is 16.6 Å². The molecule has 0 aliphatic heterocycles. The van der Waals surface area contributed by atoms with Crippen molar-refractivity contribution in [2.24, 2.45) is 5.28 Å². The Labute approximate surface area is 124 Å². The lowest BCUT2D eigenvalue weighted by Crippen LogP contribution is -2.01.